The number of quaternary nitrogens is 1. The van der Waals surface area contributed by atoms with Crippen LogP contribution in [0.25, 0.3) is 10.9 Å². The van der Waals surface area contributed by atoms with Crippen LogP contribution in [0.1, 0.15) is 25.7 Å². The Morgan fingerprint density at radius 2 is 1.70 bits per heavy atom. The van der Waals surface area contributed by atoms with Crippen molar-refractivity contribution in [2.75, 3.05) is 32.9 Å². The summed E-state index contributed by atoms with van der Waals surface area (Å²) in [6, 6.07) is 8.13. The first-order valence-electron chi connectivity index (χ1n) is 8.55. The van der Waals surface area contributed by atoms with E-state index in [0.717, 1.165) is 46.1 Å². The number of benzene rings is 1. The Balaban J connectivity index is 1.85. The molecule has 0 amide bonds. The minimum atomic E-state index is 0.358. The van der Waals surface area contributed by atoms with Crippen LogP contribution in [0.4, 0.5) is 11.8 Å². The highest BCUT2D eigenvalue weighted by Gasteiger charge is 2.31. The topological polar surface area (TPSA) is 77.8 Å². The standard InChI is InChI=1S/C18H28N5/c1-23(2,12-14-9-7-13(11-19)8-10-14)17-15-5-3-4-6-16(15)21-18(20)22-17/h3-6,13-14H,7-12,19H2,1-2H3,(H2,20,21,22)/q+1. The molecule has 23 heavy (non-hydrogen) atoms. The number of aromatic nitrogens is 2. The van der Waals surface area contributed by atoms with E-state index in [1.807, 2.05) is 18.2 Å². The van der Waals surface area contributed by atoms with Crippen molar-refractivity contribution in [3.63, 3.8) is 0 Å². The summed E-state index contributed by atoms with van der Waals surface area (Å²) in [5.41, 5.74) is 12.7. The minimum absolute atomic E-state index is 0.358. The lowest BCUT2D eigenvalue weighted by Crippen LogP contribution is -2.46. The maximum absolute atomic E-state index is 5.94. The highest BCUT2D eigenvalue weighted by molar-refractivity contribution is 5.89. The molecule has 0 bridgehead atoms. The normalized spacial score (nSPS) is 22.4. The van der Waals surface area contributed by atoms with E-state index in [0.29, 0.717) is 5.95 Å². The Bertz CT molecular complexity index is 674. The van der Waals surface area contributed by atoms with E-state index >= 15 is 0 Å². The van der Waals surface area contributed by atoms with E-state index in [1.165, 1.54) is 25.7 Å². The second-order valence-electron chi connectivity index (χ2n) is 7.41. The third-order valence-corrected chi connectivity index (χ3v) is 5.19. The molecule has 1 fully saturated rings. The summed E-state index contributed by atoms with van der Waals surface area (Å²) in [5.74, 6) is 2.82. The molecule has 1 saturated carbocycles. The van der Waals surface area contributed by atoms with Crippen molar-refractivity contribution in [2.24, 2.45) is 17.6 Å². The third-order valence-electron chi connectivity index (χ3n) is 5.19. The molecule has 0 radical (unpaired) electrons. The van der Waals surface area contributed by atoms with Crippen LogP contribution in [-0.4, -0.2) is 37.2 Å². The summed E-state index contributed by atoms with van der Waals surface area (Å²) in [5, 5.41) is 1.10. The lowest BCUT2D eigenvalue weighted by molar-refractivity contribution is 0.224. The van der Waals surface area contributed by atoms with Gasteiger partial charge in [-0.25, -0.2) is 4.98 Å². The second-order valence-corrected chi connectivity index (χ2v) is 7.41. The molecule has 0 atom stereocenters. The Kier molecular flexibility index (Phi) is 4.50. The van der Waals surface area contributed by atoms with E-state index in [4.69, 9.17) is 11.5 Å². The smallest absolute Gasteiger partial charge is 0.240 e. The molecule has 3 rings (SSSR count). The van der Waals surface area contributed by atoms with Gasteiger partial charge in [0.25, 0.3) is 0 Å². The number of fused-ring (bicyclic) bond motifs is 1. The van der Waals surface area contributed by atoms with Crippen LogP contribution < -0.4 is 16.0 Å². The molecule has 5 heteroatoms. The van der Waals surface area contributed by atoms with Crippen molar-refractivity contribution in [1.82, 2.24) is 14.5 Å². The van der Waals surface area contributed by atoms with Gasteiger partial charge in [0.05, 0.1) is 31.5 Å². The fraction of sp³-hybridized carbons (Fsp3) is 0.556. The lowest BCUT2D eigenvalue weighted by atomic mass is 9.81. The van der Waals surface area contributed by atoms with Gasteiger partial charge in [-0.05, 0) is 50.3 Å². The van der Waals surface area contributed by atoms with Crippen molar-refractivity contribution in [2.45, 2.75) is 25.7 Å². The number of hydrogen-bond donors (Lipinski definition) is 2. The zero-order valence-corrected chi connectivity index (χ0v) is 14.2. The third kappa shape index (κ3) is 3.46. The second kappa shape index (κ2) is 6.42. The highest BCUT2D eigenvalue weighted by Crippen LogP contribution is 2.33. The van der Waals surface area contributed by atoms with Gasteiger partial charge in [0.2, 0.25) is 11.8 Å². The van der Waals surface area contributed by atoms with Gasteiger partial charge in [-0.1, -0.05) is 12.1 Å². The molecule has 0 unspecified atom stereocenters. The average molecular weight is 314 g/mol. The SMILES string of the molecule is C[N+](C)(CC1CCC(CN)CC1)c1nc(N)nc2ccccc12. The molecule has 0 spiro atoms. The van der Waals surface area contributed by atoms with Crippen molar-refractivity contribution >= 4 is 22.7 Å². The molecule has 1 aromatic heterocycles. The number of hydrogen-bond acceptors (Lipinski definition) is 4. The quantitative estimate of drug-likeness (QED) is 0.850. The first-order chi connectivity index (χ1) is 11.0. The van der Waals surface area contributed by atoms with Gasteiger partial charge in [0.15, 0.2) is 0 Å². The number of anilines is 1. The Morgan fingerprint density at radius 1 is 1.04 bits per heavy atom. The van der Waals surface area contributed by atoms with Gasteiger partial charge in [-0.3, -0.25) is 4.48 Å². The molecule has 1 heterocycles. The van der Waals surface area contributed by atoms with Crippen LogP contribution >= 0.6 is 0 Å². The molecule has 0 aliphatic heterocycles. The van der Waals surface area contributed by atoms with Gasteiger partial charge in [-0.15, -0.1) is 0 Å². The number of nitrogen functional groups attached to an aromatic ring is 1. The first-order valence-corrected chi connectivity index (χ1v) is 8.55. The van der Waals surface area contributed by atoms with E-state index in [9.17, 15) is 0 Å². The summed E-state index contributed by atoms with van der Waals surface area (Å²) >= 11 is 0. The van der Waals surface area contributed by atoms with E-state index in [1.54, 1.807) is 0 Å². The van der Waals surface area contributed by atoms with Crippen LogP contribution in [0.2, 0.25) is 0 Å². The van der Waals surface area contributed by atoms with E-state index in [2.05, 4.69) is 30.1 Å². The number of para-hydroxylation sites is 1. The number of nitrogens with zero attached hydrogens (tertiary/aromatic N) is 3. The molecule has 0 saturated heterocycles. The molecular weight excluding hydrogens is 286 g/mol. The summed E-state index contributed by atoms with van der Waals surface area (Å²) < 4.78 is 0.741. The van der Waals surface area contributed by atoms with E-state index < -0.39 is 0 Å². The predicted octanol–water partition coefficient (Wildman–Crippen LogP) is 2.54. The van der Waals surface area contributed by atoms with Crippen LogP contribution in [-0.2, 0) is 0 Å². The van der Waals surface area contributed by atoms with Crippen LogP contribution in [0.5, 0.6) is 0 Å². The molecule has 2 aromatic rings. The van der Waals surface area contributed by atoms with Crippen molar-refractivity contribution in [3.05, 3.63) is 24.3 Å². The van der Waals surface area contributed by atoms with Crippen LogP contribution in [0.3, 0.4) is 0 Å². The van der Waals surface area contributed by atoms with Crippen molar-refractivity contribution in [1.29, 1.82) is 0 Å². The molecule has 1 aromatic carbocycles. The number of nitrogens with two attached hydrogens (primary N) is 2. The van der Waals surface area contributed by atoms with Gasteiger partial charge in [0, 0.05) is 5.92 Å². The lowest BCUT2D eigenvalue weighted by Gasteiger charge is -2.35. The zero-order chi connectivity index (χ0) is 16.4. The Labute approximate surface area is 138 Å². The summed E-state index contributed by atoms with van der Waals surface area (Å²) in [6.07, 6.45) is 5.05. The molecule has 1 aliphatic carbocycles. The number of rotatable bonds is 4. The fourth-order valence-electron chi connectivity index (χ4n) is 3.92. The van der Waals surface area contributed by atoms with Gasteiger partial charge < -0.3 is 11.5 Å². The molecule has 1 aliphatic rings. The monoisotopic (exact) mass is 314 g/mol. The fourth-order valence-corrected chi connectivity index (χ4v) is 3.92. The molecular formula is C18H28N5+. The average Bonchev–Trinajstić information content (AvgIpc) is 2.54. The Hall–Kier alpha value is -1.72. The predicted molar refractivity (Wildman–Crippen MR) is 97.0 cm³/mol. The van der Waals surface area contributed by atoms with Gasteiger partial charge >= 0.3 is 0 Å². The maximum Gasteiger partial charge on any atom is 0.240 e. The van der Waals surface area contributed by atoms with Gasteiger partial charge in [0.1, 0.15) is 0 Å². The maximum atomic E-state index is 5.94. The van der Waals surface area contributed by atoms with Crippen LogP contribution in [0.15, 0.2) is 24.3 Å². The zero-order valence-electron chi connectivity index (χ0n) is 14.2. The molecule has 4 N–H and O–H groups in total. The summed E-state index contributed by atoms with van der Waals surface area (Å²) in [4.78, 5) is 8.95. The Morgan fingerprint density at radius 3 is 2.39 bits per heavy atom. The highest BCUT2D eigenvalue weighted by atomic mass is 15.4. The molecule has 124 valence electrons. The van der Waals surface area contributed by atoms with Crippen molar-refractivity contribution in [3.8, 4) is 0 Å². The van der Waals surface area contributed by atoms with Crippen molar-refractivity contribution < 1.29 is 0 Å². The van der Waals surface area contributed by atoms with Crippen LogP contribution in [0, 0.1) is 11.8 Å². The molecule has 5 nitrogen and oxygen atoms in total. The first kappa shape index (κ1) is 16.1. The van der Waals surface area contributed by atoms with E-state index in [-0.39, 0.29) is 0 Å². The minimum Gasteiger partial charge on any atom is -0.368 e. The van der Waals surface area contributed by atoms with Gasteiger partial charge in [-0.2, -0.15) is 4.98 Å². The summed E-state index contributed by atoms with van der Waals surface area (Å²) in [6.45, 7) is 1.91. The largest absolute Gasteiger partial charge is 0.368 e. The summed E-state index contributed by atoms with van der Waals surface area (Å²) in [7, 11) is 4.45.